The molecule has 2 saturated heterocycles. The van der Waals surface area contributed by atoms with E-state index in [0.29, 0.717) is 12.1 Å². The van der Waals surface area contributed by atoms with E-state index < -0.39 is 0 Å². The van der Waals surface area contributed by atoms with E-state index in [1.165, 1.54) is 12.8 Å². The lowest BCUT2D eigenvalue weighted by Gasteiger charge is -2.37. The van der Waals surface area contributed by atoms with Crippen LogP contribution in [0, 0.1) is 0 Å². The van der Waals surface area contributed by atoms with Gasteiger partial charge in [0.25, 0.3) is 0 Å². The number of piperidine rings is 1. The van der Waals surface area contributed by atoms with E-state index in [0.717, 1.165) is 23.9 Å². The average molecular weight is 277 g/mol. The van der Waals surface area contributed by atoms with Gasteiger partial charge in [0, 0.05) is 23.4 Å². The van der Waals surface area contributed by atoms with Crippen LogP contribution in [0.4, 0.5) is 0 Å². The number of carbonyl (C=O) groups excluding carboxylic acids is 1. The van der Waals surface area contributed by atoms with Crippen molar-refractivity contribution in [2.24, 2.45) is 0 Å². The standard InChI is InChI=1S/C15H19NO2S/c1-19-14-9-11-4-5-12(10-14)16(11)15(17)7-6-13-3-2-8-18-13/h2-3,6-8,11-12,14H,4-5,9-10H2,1H3/b7-6+. The van der Waals surface area contributed by atoms with Crippen molar-refractivity contribution < 1.29 is 9.21 Å². The van der Waals surface area contributed by atoms with Gasteiger partial charge in [-0.2, -0.15) is 11.8 Å². The van der Waals surface area contributed by atoms with Gasteiger partial charge in [-0.25, -0.2) is 0 Å². The quantitative estimate of drug-likeness (QED) is 0.796. The molecule has 1 aromatic heterocycles. The Bertz CT molecular complexity index is 454. The molecule has 2 unspecified atom stereocenters. The van der Waals surface area contributed by atoms with Gasteiger partial charge in [-0.1, -0.05) is 0 Å². The van der Waals surface area contributed by atoms with Crippen LogP contribution in [0.25, 0.3) is 6.08 Å². The SMILES string of the molecule is CSC1CC2CCC(C1)N2C(=O)/C=C/c1ccco1. The van der Waals surface area contributed by atoms with Gasteiger partial charge in [-0.15, -0.1) is 0 Å². The third-order valence-corrected chi connectivity index (χ3v) is 5.26. The number of carbonyl (C=O) groups is 1. The Morgan fingerprint density at radius 3 is 2.74 bits per heavy atom. The number of amides is 1. The fraction of sp³-hybridized carbons (Fsp3) is 0.533. The lowest BCUT2D eigenvalue weighted by Crippen LogP contribution is -2.46. The molecule has 0 saturated carbocycles. The Labute approximate surface area is 118 Å². The minimum Gasteiger partial charge on any atom is -0.465 e. The van der Waals surface area contributed by atoms with Gasteiger partial charge in [0.2, 0.25) is 5.91 Å². The van der Waals surface area contributed by atoms with E-state index >= 15 is 0 Å². The predicted molar refractivity (Wildman–Crippen MR) is 77.9 cm³/mol. The molecule has 2 fully saturated rings. The van der Waals surface area contributed by atoms with Crippen LogP contribution in [0.3, 0.4) is 0 Å². The largest absolute Gasteiger partial charge is 0.465 e. The summed E-state index contributed by atoms with van der Waals surface area (Å²) in [4.78, 5) is 14.4. The van der Waals surface area contributed by atoms with Crippen LogP contribution in [0.15, 0.2) is 28.9 Å². The minimum atomic E-state index is 0.142. The third-order valence-electron chi connectivity index (χ3n) is 4.21. The van der Waals surface area contributed by atoms with E-state index in [9.17, 15) is 4.79 Å². The van der Waals surface area contributed by atoms with Gasteiger partial charge >= 0.3 is 0 Å². The summed E-state index contributed by atoms with van der Waals surface area (Å²) in [6, 6.07) is 4.59. The van der Waals surface area contributed by atoms with Crippen molar-refractivity contribution >= 4 is 23.7 Å². The van der Waals surface area contributed by atoms with Crippen LogP contribution >= 0.6 is 11.8 Å². The monoisotopic (exact) mass is 277 g/mol. The first-order valence-electron chi connectivity index (χ1n) is 6.84. The third kappa shape index (κ3) is 2.59. The zero-order valence-electron chi connectivity index (χ0n) is 11.1. The molecule has 2 bridgehead atoms. The first-order chi connectivity index (χ1) is 9.28. The van der Waals surface area contributed by atoms with E-state index in [-0.39, 0.29) is 5.91 Å². The molecule has 1 aromatic rings. The molecular formula is C15H19NO2S. The summed E-state index contributed by atoms with van der Waals surface area (Å²) in [5.41, 5.74) is 0. The molecule has 2 atom stereocenters. The van der Waals surface area contributed by atoms with Gasteiger partial charge in [0.05, 0.1) is 6.26 Å². The highest BCUT2D eigenvalue weighted by atomic mass is 32.2. The van der Waals surface area contributed by atoms with Crippen LogP contribution in [0.1, 0.15) is 31.4 Å². The molecule has 0 spiro atoms. The van der Waals surface area contributed by atoms with Crippen molar-refractivity contribution in [2.45, 2.75) is 43.0 Å². The maximum absolute atomic E-state index is 12.3. The van der Waals surface area contributed by atoms with Crippen molar-refractivity contribution in [3.8, 4) is 0 Å². The maximum Gasteiger partial charge on any atom is 0.247 e. The molecule has 102 valence electrons. The molecule has 4 heteroatoms. The maximum atomic E-state index is 12.3. The normalized spacial score (nSPS) is 30.2. The second kappa shape index (κ2) is 5.45. The summed E-state index contributed by atoms with van der Waals surface area (Å²) >= 11 is 1.95. The Balaban J connectivity index is 1.68. The highest BCUT2D eigenvalue weighted by Crippen LogP contribution is 2.39. The summed E-state index contributed by atoms with van der Waals surface area (Å²) in [7, 11) is 0. The number of hydrogen-bond acceptors (Lipinski definition) is 3. The summed E-state index contributed by atoms with van der Waals surface area (Å²) < 4.78 is 5.21. The van der Waals surface area contributed by atoms with Crippen LogP contribution in [0.2, 0.25) is 0 Å². The number of hydrogen-bond donors (Lipinski definition) is 0. The van der Waals surface area contributed by atoms with Gasteiger partial charge in [-0.3, -0.25) is 4.79 Å². The summed E-state index contributed by atoms with van der Waals surface area (Å²) in [6.45, 7) is 0. The molecule has 19 heavy (non-hydrogen) atoms. The number of rotatable bonds is 3. The molecule has 1 amide bonds. The zero-order valence-corrected chi connectivity index (χ0v) is 11.9. The predicted octanol–water partition coefficient (Wildman–Crippen LogP) is 3.18. The molecule has 3 nitrogen and oxygen atoms in total. The Kier molecular flexibility index (Phi) is 3.69. The topological polar surface area (TPSA) is 33.5 Å². The zero-order chi connectivity index (χ0) is 13.2. The number of nitrogens with zero attached hydrogens (tertiary/aromatic N) is 1. The van der Waals surface area contributed by atoms with E-state index in [1.807, 2.05) is 23.9 Å². The van der Waals surface area contributed by atoms with Crippen LogP contribution in [-0.2, 0) is 4.79 Å². The Morgan fingerprint density at radius 1 is 1.42 bits per heavy atom. The Hall–Kier alpha value is -1.16. The lowest BCUT2D eigenvalue weighted by atomic mass is 10.0. The highest BCUT2D eigenvalue weighted by Gasteiger charge is 2.42. The molecular weight excluding hydrogens is 258 g/mol. The minimum absolute atomic E-state index is 0.142. The van der Waals surface area contributed by atoms with Crippen molar-refractivity contribution in [3.05, 3.63) is 30.2 Å². The molecule has 3 heterocycles. The summed E-state index contributed by atoms with van der Waals surface area (Å²) in [5, 5.41) is 0.732. The summed E-state index contributed by atoms with van der Waals surface area (Å²) in [6.07, 6.45) is 11.9. The first kappa shape index (κ1) is 12.9. The van der Waals surface area contributed by atoms with Crippen molar-refractivity contribution in [1.82, 2.24) is 4.90 Å². The van der Waals surface area contributed by atoms with Crippen molar-refractivity contribution in [3.63, 3.8) is 0 Å². The van der Waals surface area contributed by atoms with Crippen molar-refractivity contribution in [1.29, 1.82) is 0 Å². The molecule has 2 aliphatic heterocycles. The molecule has 2 aliphatic rings. The molecule has 0 aliphatic carbocycles. The molecule has 3 rings (SSSR count). The fourth-order valence-electron chi connectivity index (χ4n) is 3.30. The lowest BCUT2D eigenvalue weighted by molar-refractivity contribution is -0.129. The van der Waals surface area contributed by atoms with Crippen LogP contribution in [-0.4, -0.2) is 34.4 Å². The van der Waals surface area contributed by atoms with Crippen LogP contribution in [0.5, 0.6) is 0 Å². The number of furan rings is 1. The number of thioether (sulfide) groups is 1. The molecule has 0 N–H and O–H groups in total. The van der Waals surface area contributed by atoms with Gasteiger partial charge in [-0.05, 0) is 50.1 Å². The molecule has 0 aromatic carbocycles. The van der Waals surface area contributed by atoms with E-state index in [1.54, 1.807) is 18.4 Å². The second-order valence-corrected chi connectivity index (χ2v) is 6.45. The average Bonchev–Trinajstić information content (AvgIpc) is 3.02. The first-order valence-corrected chi connectivity index (χ1v) is 8.13. The van der Waals surface area contributed by atoms with Gasteiger partial charge < -0.3 is 9.32 Å². The molecule has 0 radical (unpaired) electrons. The highest BCUT2D eigenvalue weighted by molar-refractivity contribution is 7.99. The smallest absolute Gasteiger partial charge is 0.247 e. The van der Waals surface area contributed by atoms with E-state index in [4.69, 9.17) is 4.42 Å². The van der Waals surface area contributed by atoms with E-state index in [2.05, 4.69) is 11.2 Å². The summed E-state index contributed by atoms with van der Waals surface area (Å²) in [5.74, 6) is 0.878. The van der Waals surface area contributed by atoms with Crippen molar-refractivity contribution in [2.75, 3.05) is 6.26 Å². The van der Waals surface area contributed by atoms with Crippen LogP contribution < -0.4 is 0 Å². The number of fused-ring (bicyclic) bond motifs is 2. The van der Waals surface area contributed by atoms with Gasteiger partial charge in [0.15, 0.2) is 0 Å². The van der Waals surface area contributed by atoms with Gasteiger partial charge in [0.1, 0.15) is 5.76 Å². The second-order valence-electron chi connectivity index (χ2n) is 5.31. The Morgan fingerprint density at radius 2 is 2.16 bits per heavy atom. The fourth-order valence-corrected chi connectivity index (χ4v) is 4.13.